The Kier molecular flexibility index (Phi) is 19.2. The van der Waals surface area contributed by atoms with Crippen molar-refractivity contribution in [3.63, 3.8) is 0 Å². The average Bonchev–Trinajstić information content (AvgIpc) is 2.77. The minimum absolute atomic E-state index is 0. The van der Waals surface area contributed by atoms with E-state index in [1.807, 2.05) is 37.1 Å². The summed E-state index contributed by atoms with van der Waals surface area (Å²) in [4.78, 5) is 26.0. The molecule has 0 spiro atoms. The van der Waals surface area contributed by atoms with Gasteiger partial charge in [0.05, 0.1) is 6.54 Å². The molecule has 1 aliphatic heterocycles. The Balaban J connectivity index is 0.00000961. The van der Waals surface area contributed by atoms with Crippen molar-refractivity contribution in [3.8, 4) is 0 Å². The predicted octanol–water partition coefficient (Wildman–Crippen LogP) is 6.67. The standard InChI is InChI=1S/C26H46N2O3.ClH/c1-4-6-7-8-9-10-11-12-13-14-15-16-17-20-25(29)31-23(3)28-21-18-19-24(22-28)26(30)27-5-2;/h18-19,21,23H,4-17,20,22H2,1-3H3,(H,27,30);1H. The molecule has 0 saturated carbocycles. The molecule has 1 N–H and O–H groups in total. The molecular formula is C26H47ClN2O3. The Hall–Kier alpha value is -1.49. The number of nitrogens with one attached hydrogen (secondary N) is 1. The smallest absolute Gasteiger partial charge is 0.307 e. The topological polar surface area (TPSA) is 58.6 Å². The molecule has 0 radical (unpaired) electrons. The summed E-state index contributed by atoms with van der Waals surface area (Å²) >= 11 is 0. The van der Waals surface area contributed by atoms with Crippen molar-refractivity contribution in [1.82, 2.24) is 10.2 Å². The zero-order valence-electron chi connectivity index (χ0n) is 20.7. The van der Waals surface area contributed by atoms with Gasteiger partial charge in [-0.05, 0) is 26.3 Å². The molecule has 1 aliphatic rings. The van der Waals surface area contributed by atoms with Gasteiger partial charge < -0.3 is 15.0 Å². The predicted molar refractivity (Wildman–Crippen MR) is 136 cm³/mol. The van der Waals surface area contributed by atoms with E-state index in [2.05, 4.69) is 12.2 Å². The Morgan fingerprint density at radius 1 is 0.938 bits per heavy atom. The molecule has 0 bridgehead atoms. The number of likely N-dealkylation sites (N-methyl/N-ethyl adjacent to an activating group) is 1. The number of allylic oxidation sites excluding steroid dienone is 2. The first-order valence-corrected chi connectivity index (χ1v) is 12.7. The van der Waals surface area contributed by atoms with Crippen LogP contribution in [0.1, 0.15) is 111 Å². The van der Waals surface area contributed by atoms with Crippen molar-refractivity contribution in [2.24, 2.45) is 0 Å². The maximum Gasteiger partial charge on any atom is 0.307 e. The summed E-state index contributed by atoms with van der Waals surface area (Å²) in [6.45, 7) is 7.07. The second-order valence-corrected chi connectivity index (χ2v) is 8.65. The van der Waals surface area contributed by atoms with Gasteiger partial charge in [0, 0.05) is 24.7 Å². The van der Waals surface area contributed by atoms with Crippen LogP contribution in [0.5, 0.6) is 0 Å². The van der Waals surface area contributed by atoms with Gasteiger partial charge in [-0.25, -0.2) is 0 Å². The molecular weight excluding hydrogens is 424 g/mol. The van der Waals surface area contributed by atoms with E-state index in [-0.39, 0.29) is 30.5 Å². The van der Waals surface area contributed by atoms with Gasteiger partial charge in [-0.1, -0.05) is 90.0 Å². The number of carbonyl (C=O) groups excluding carboxylic acids is 2. The third kappa shape index (κ3) is 14.5. The molecule has 32 heavy (non-hydrogen) atoms. The summed E-state index contributed by atoms with van der Waals surface area (Å²) in [7, 11) is 0. The maximum absolute atomic E-state index is 12.1. The largest absolute Gasteiger partial charge is 0.442 e. The number of unbranched alkanes of at least 4 members (excludes halogenated alkanes) is 12. The number of esters is 1. The third-order valence-electron chi connectivity index (χ3n) is 5.81. The quantitative estimate of drug-likeness (QED) is 0.179. The zero-order chi connectivity index (χ0) is 22.7. The molecule has 0 saturated heterocycles. The van der Waals surface area contributed by atoms with Gasteiger partial charge in [-0.3, -0.25) is 9.59 Å². The highest BCUT2D eigenvalue weighted by molar-refractivity contribution is 5.94. The van der Waals surface area contributed by atoms with Crippen LogP contribution in [0.15, 0.2) is 23.9 Å². The van der Waals surface area contributed by atoms with Gasteiger partial charge >= 0.3 is 5.97 Å². The number of carbonyl (C=O) groups is 2. The van der Waals surface area contributed by atoms with E-state index in [0.29, 0.717) is 25.1 Å². The normalized spacial score (nSPS) is 13.8. The van der Waals surface area contributed by atoms with Crippen molar-refractivity contribution in [2.75, 3.05) is 13.1 Å². The Morgan fingerprint density at radius 2 is 1.47 bits per heavy atom. The lowest BCUT2D eigenvalue weighted by molar-refractivity contribution is -0.155. The molecule has 1 rings (SSSR count). The highest BCUT2D eigenvalue weighted by Crippen LogP contribution is 2.15. The molecule has 1 unspecified atom stereocenters. The first-order chi connectivity index (χ1) is 15.1. The molecule has 1 atom stereocenters. The monoisotopic (exact) mass is 470 g/mol. The lowest BCUT2D eigenvalue weighted by Crippen LogP contribution is -2.38. The van der Waals surface area contributed by atoms with Crippen LogP contribution >= 0.6 is 12.4 Å². The van der Waals surface area contributed by atoms with E-state index < -0.39 is 0 Å². The Bertz CT molecular complexity index is 563. The van der Waals surface area contributed by atoms with Gasteiger partial charge in [0.1, 0.15) is 0 Å². The van der Waals surface area contributed by atoms with Crippen molar-refractivity contribution >= 4 is 24.3 Å². The number of amides is 1. The molecule has 1 amide bonds. The fourth-order valence-electron chi connectivity index (χ4n) is 3.85. The number of halogens is 1. The second-order valence-electron chi connectivity index (χ2n) is 8.65. The SMILES string of the molecule is CCCCCCCCCCCCCCCC(=O)OC(C)N1C=CC=C(C(=O)NCC)C1.Cl. The van der Waals surface area contributed by atoms with E-state index in [4.69, 9.17) is 4.74 Å². The highest BCUT2D eigenvalue weighted by atomic mass is 35.5. The van der Waals surface area contributed by atoms with Crippen molar-refractivity contribution in [1.29, 1.82) is 0 Å². The first kappa shape index (κ1) is 30.5. The van der Waals surface area contributed by atoms with Crippen LogP contribution in [0.2, 0.25) is 0 Å². The van der Waals surface area contributed by atoms with Crippen LogP contribution in [0, 0.1) is 0 Å². The van der Waals surface area contributed by atoms with Crippen LogP contribution < -0.4 is 5.32 Å². The molecule has 0 aromatic carbocycles. The summed E-state index contributed by atoms with van der Waals surface area (Å²) < 4.78 is 5.56. The van der Waals surface area contributed by atoms with Crippen LogP contribution in [-0.4, -0.2) is 36.1 Å². The Labute approximate surface area is 202 Å². The molecule has 5 nitrogen and oxygen atoms in total. The minimum atomic E-state index is -0.371. The fraction of sp³-hybridized carbons (Fsp3) is 0.769. The van der Waals surface area contributed by atoms with Crippen molar-refractivity contribution < 1.29 is 14.3 Å². The van der Waals surface area contributed by atoms with Crippen LogP contribution in [0.4, 0.5) is 0 Å². The zero-order valence-corrected chi connectivity index (χ0v) is 21.5. The first-order valence-electron chi connectivity index (χ1n) is 12.7. The number of ether oxygens (including phenoxy) is 1. The average molecular weight is 471 g/mol. The second kappa shape index (κ2) is 20.1. The minimum Gasteiger partial charge on any atom is -0.442 e. The molecule has 0 fully saturated rings. The van der Waals surface area contributed by atoms with Crippen molar-refractivity contribution in [3.05, 3.63) is 23.9 Å². The summed E-state index contributed by atoms with van der Waals surface area (Å²) in [5.41, 5.74) is 0.684. The highest BCUT2D eigenvalue weighted by Gasteiger charge is 2.20. The third-order valence-corrected chi connectivity index (χ3v) is 5.81. The van der Waals surface area contributed by atoms with Crippen LogP contribution in [0.25, 0.3) is 0 Å². The summed E-state index contributed by atoms with van der Waals surface area (Å²) in [6.07, 6.45) is 22.4. The molecule has 0 aromatic rings. The molecule has 1 heterocycles. The van der Waals surface area contributed by atoms with Crippen LogP contribution in [-0.2, 0) is 14.3 Å². The van der Waals surface area contributed by atoms with Gasteiger partial charge in [-0.15, -0.1) is 12.4 Å². The van der Waals surface area contributed by atoms with Gasteiger partial charge in [-0.2, -0.15) is 0 Å². The van der Waals surface area contributed by atoms with Gasteiger partial charge in [0.25, 0.3) is 0 Å². The molecule has 0 aliphatic carbocycles. The lowest BCUT2D eigenvalue weighted by atomic mass is 10.0. The number of hydrogen-bond donors (Lipinski definition) is 1. The Morgan fingerprint density at radius 3 is 2.00 bits per heavy atom. The van der Waals surface area contributed by atoms with E-state index in [0.717, 1.165) is 12.8 Å². The fourth-order valence-corrected chi connectivity index (χ4v) is 3.85. The van der Waals surface area contributed by atoms with E-state index in [9.17, 15) is 9.59 Å². The van der Waals surface area contributed by atoms with Gasteiger partial charge in [0.2, 0.25) is 5.91 Å². The van der Waals surface area contributed by atoms with Gasteiger partial charge in [0.15, 0.2) is 6.23 Å². The summed E-state index contributed by atoms with van der Waals surface area (Å²) in [6, 6.07) is 0. The number of hydrogen-bond acceptors (Lipinski definition) is 4. The lowest BCUT2D eigenvalue weighted by Gasteiger charge is -2.29. The maximum atomic E-state index is 12.1. The summed E-state index contributed by atoms with van der Waals surface area (Å²) in [5, 5.41) is 2.81. The van der Waals surface area contributed by atoms with E-state index in [1.165, 1.54) is 70.6 Å². The number of nitrogens with zero attached hydrogens (tertiary/aromatic N) is 1. The summed E-state index contributed by atoms with van der Waals surface area (Å²) in [5.74, 6) is -0.222. The van der Waals surface area contributed by atoms with Crippen molar-refractivity contribution in [2.45, 2.75) is 117 Å². The van der Waals surface area contributed by atoms with E-state index in [1.54, 1.807) is 0 Å². The number of rotatable bonds is 18. The molecule has 186 valence electrons. The molecule has 6 heteroatoms. The van der Waals surface area contributed by atoms with E-state index >= 15 is 0 Å². The van der Waals surface area contributed by atoms with Crippen LogP contribution in [0.3, 0.4) is 0 Å². The molecule has 0 aromatic heterocycles.